The Balaban J connectivity index is 1.54. The fraction of sp³-hybridized carbons (Fsp3) is 0.190. The highest BCUT2D eigenvalue weighted by Crippen LogP contribution is 2.33. The van der Waals surface area contributed by atoms with Gasteiger partial charge < -0.3 is 4.57 Å². The molecule has 4 nitrogen and oxygen atoms in total. The van der Waals surface area contributed by atoms with Gasteiger partial charge in [0.25, 0.3) is 0 Å². The van der Waals surface area contributed by atoms with Crippen LogP contribution in [0.5, 0.6) is 0 Å². The summed E-state index contributed by atoms with van der Waals surface area (Å²) in [6, 6.07) is 13.7. The normalized spacial score (nSPS) is 11.2. The summed E-state index contributed by atoms with van der Waals surface area (Å²) in [7, 11) is 0. The van der Waals surface area contributed by atoms with Gasteiger partial charge in [0, 0.05) is 33.8 Å². The third-order valence-electron chi connectivity index (χ3n) is 4.48. The molecule has 2 aromatic heterocycles. The molecule has 0 aliphatic carbocycles. The molecule has 0 bridgehead atoms. The van der Waals surface area contributed by atoms with E-state index in [0.29, 0.717) is 10.0 Å². The second kappa shape index (κ2) is 8.88. The van der Waals surface area contributed by atoms with E-state index < -0.39 is 0 Å². The Labute approximate surface area is 187 Å². The van der Waals surface area contributed by atoms with E-state index >= 15 is 0 Å². The summed E-state index contributed by atoms with van der Waals surface area (Å²) in [6.07, 6.45) is 0. The smallest absolute Gasteiger partial charge is 0.191 e. The molecule has 0 aliphatic rings. The third-order valence-corrected chi connectivity index (χ3v) is 6.95. The molecule has 0 aliphatic heterocycles. The van der Waals surface area contributed by atoms with Crippen LogP contribution >= 0.6 is 46.3 Å². The molecule has 0 fully saturated rings. The van der Waals surface area contributed by atoms with E-state index in [1.807, 2.05) is 24.3 Å². The molecule has 0 amide bonds. The number of thiazole rings is 1. The zero-order valence-corrected chi connectivity index (χ0v) is 19.0. The van der Waals surface area contributed by atoms with Gasteiger partial charge in [0.1, 0.15) is 5.01 Å². The van der Waals surface area contributed by atoms with Gasteiger partial charge in [-0.2, -0.15) is 0 Å². The second-order valence-corrected chi connectivity index (χ2v) is 9.07. The number of benzene rings is 2. The lowest BCUT2D eigenvalue weighted by Gasteiger charge is -2.08. The van der Waals surface area contributed by atoms with Crippen molar-refractivity contribution in [3.05, 3.63) is 69.1 Å². The number of halogens is 2. The lowest BCUT2D eigenvalue weighted by atomic mass is 10.1. The minimum atomic E-state index is 0.568. The Morgan fingerprint density at radius 2 is 1.90 bits per heavy atom. The van der Waals surface area contributed by atoms with Crippen molar-refractivity contribution in [1.82, 2.24) is 19.7 Å². The van der Waals surface area contributed by atoms with Crippen LogP contribution in [-0.4, -0.2) is 19.7 Å². The SMILES string of the molecule is CCn1c(SCc2csc(-c3ccccc3C)n2)nnc1-c1ccc(Cl)cc1Cl. The number of hydrogen-bond donors (Lipinski definition) is 0. The molecule has 4 aromatic rings. The van der Waals surface area contributed by atoms with E-state index in [2.05, 4.69) is 46.1 Å². The van der Waals surface area contributed by atoms with Gasteiger partial charge in [0.05, 0.1) is 10.7 Å². The van der Waals surface area contributed by atoms with Crippen molar-refractivity contribution in [2.75, 3.05) is 0 Å². The van der Waals surface area contributed by atoms with E-state index in [0.717, 1.165) is 39.5 Å². The van der Waals surface area contributed by atoms with Crippen LogP contribution in [0, 0.1) is 6.92 Å². The predicted octanol–water partition coefficient (Wildman–Crippen LogP) is 7.00. The molecule has 2 aromatic carbocycles. The Kier molecular flexibility index (Phi) is 6.25. The zero-order chi connectivity index (χ0) is 20.4. The molecule has 8 heteroatoms. The molecule has 0 saturated carbocycles. The van der Waals surface area contributed by atoms with Crippen LogP contribution in [0.4, 0.5) is 0 Å². The number of nitrogens with zero attached hydrogens (tertiary/aromatic N) is 4. The van der Waals surface area contributed by atoms with Crippen LogP contribution in [0.15, 0.2) is 53.0 Å². The molecule has 0 spiro atoms. The van der Waals surface area contributed by atoms with Crippen LogP contribution in [0.2, 0.25) is 10.0 Å². The average Bonchev–Trinajstić information content (AvgIpc) is 3.33. The van der Waals surface area contributed by atoms with Gasteiger partial charge in [-0.05, 0) is 37.6 Å². The summed E-state index contributed by atoms with van der Waals surface area (Å²) in [4.78, 5) is 4.81. The fourth-order valence-corrected chi connectivity index (χ4v) is 5.40. The second-order valence-electron chi connectivity index (χ2n) is 6.42. The molecular formula is C21H18Cl2N4S2. The minimum Gasteiger partial charge on any atom is -0.302 e. The summed E-state index contributed by atoms with van der Waals surface area (Å²) in [6.45, 7) is 4.92. The topological polar surface area (TPSA) is 43.6 Å². The van der Waals surface area contributed by atoms with Gasteiger partial charge in [-0.25, -0.2) is 4.98 Å². The van der Waals surface area contributed by atoms with E-state index in [1.165, 1.54) is 11.1 Å². The van der Waals surface area contributed by atoms with E-state index in [4.69, 9.17) is 28.2 Å². The number of aromatic nitrogens is 4. The van der Waals surface area contributed by atoms with Gasteiger partial charge >= 0.3 is 0 Å². The molecule has 0 unspecified atom stereocenters. The third kappa shape index (κ3) is 4.36. The molecule has 2 heterocycles. The van der Waals surface area contributed by atoms with Crippen molar-refractivity contribution in [2.24, 2.45) is 0 Å². The summed E-state index contributed by atoms with van der Waals surface area (Å²) in [5.74, 6) is 1.48. The van der Waals surface area contributed by atoms with E-state index in [1.54, 1.807) is 29.2 Å². The highest BCUT2D eigenvalue weighted by Gasteiger charge is 2.16. The summed E-state index contributed by atoms with van der Waals surface area (Å²) in [5.41, 5.74) is 4.28. The zero-order valence-electron chi connectivity index (χ0n) is 15.9. The fourth-order valence-electron chi connectivity index (χ4n) is 3.00. The molecular weight excluding hydrogens is 443 g/mol. The van der Waals surface area contributed by atoms with Crippen LogP contribution in [0.1, 0.15) is 18.2 Å². The van der Waals surface area contributed by atoms with Gasteiger partial charge in [0.2, 0.25) is 0 Å². The molecule has 29 heavy (non-hydrogen) atoms. The Hall–Kier alpha value is -1.86. The molecule has 0 saturated heterocycles. The lowest BCUT2D eigenvalue weighted by molar-refractivity contribution is 0.687. The first-order valence-electron chi connectivity index (χ1n) is 9.08. The van der Waals surface area contributed by atoms with Crippen molar-refractivity contribution in [2.45, 2.75) is 31.3 Å². The van der Waals surface area contributed by atoms with Gasteiger partial charge in [-0.1, -0.05) is 59.2 Å². The van der Waals surface area contributed by atoms with Crippen molar-refractivity contribution in [3.63, 3.8) is 0 Å². The molecule has 4 rings (SSSR count). The van der Waals surface area contributed by atoms with Crippen LogP contribution in [0.3, 0.4) is 0 Å². The standard InChI is InChI=1S/C21H18Cl2N4S2/c1-3-27-19(17-9-8-14(22)10-18(17)23)25-26-21(27)29-12-15-11-28-20(24-15)16-7-5-4-6-13(16)2/h4-11H,3,12H2,1-2H3. The first-order valence-corrected chi connectivity index (χ1v) is 11.7. The molecule has 0 N–H and O–H groups in total. The minimum absolute atomic E-state index is 0.568. The van der Waals surface area contributed by atoms with Crippen LogP contribution < -0.4 is 0 Å². The quantitative estimate of drug-likeness (QED) is 0.290. The first-order chi connectivity index (χ1) is 14.1. The maximum absolute atomic E-state index is 6.37. The maximum Gasteiger partial charge on any atom is 0.191 e. The van der Waals surface area contributed by atoms with Crippen LogP contribution in [-0.2, 0) is 12.3 Å². The Morgan fingerprint density at radius 1 is 1.07 bits per heavy atom. The molecule has 148 valence electrons. The number of rotatable bonds is 6. The summed E-state index contributed by atoms with van der Waals surface area (Å²) >= 11 is 15.7. The van der Waals surface area contributed by atoms with Crippen molar-refractivity contribution >= 4 is 46.3 Å². The largest absolute Gasteiger partial charge is 0.302 e. The van der Waals surface area contributed by atoms with Gasteiger partial charge in [0.15, 0.2) is 11.0 Å². The average molecular weight is 461 g/mol. The van der Waals surface area contributed by atoms with Crippen LogP contribution in [0.25, 0.3) is 22.0 Å². The summed E-state index contributed by atoms with van der Waals surface area (Å²) < 4.78 is 2.06. The molecule has 0 atom stereocenters. The maximum atomic E-state index is 6.37. The Bertz CT molecular complexity index is 1150. The monoisotopic (exact) mass is 460 g/mol. The lowest BCUT2D eigenvalue weighted by Crippen LogP contribution is -2.00. The number of thioether (sulfide) groups is 1. The van der Waals surface area contributed by atoms with Gasteiger partial charge in [-0.3, -0.25) is 0 Å². The highest BCUT2D eigenvalue weighted by molar-refractivity contribution is 7.98. The number of aryl methyl sites for hydroxylation is 1. The predicted molar refractivity (Wildman–Crippen MR) is 123 cm³/mol. The molecule has 0 radical (unpaired) electrons. The van der Waals surface area contributed by atoms with Crippen molar-refractivity contribution < 1.29 is 0 Å². The van der Waals surface area contributed by atoms with Crippen molar-refractivity contribution in [3.8, 4) is 22.0 Å². The Morgan fingerprint density at radius 3 is 2.66 bits per heavy atom. The highest BCUT2D eigenvalue weighted by atomic mass is 35.5. The van der Waals surface area contributed by atoms with Gasteiger partial charge in [-0.15, -0.1) is 21.5 Å². The summed E-state index contributed by atoms with van der Waals surface area (Å²) in [5, 5.41) is 13.9. The first kappa shape index (κ1) is 20.4. The van der Waals surface area contributed by atoms with E-state index in [-0.39, 0.29) is 0 Å². The van der Waals surface area contributed by atoms with E-state index in [9.17, 15) is 0 Å². The number of hydrogen-bond acceptors (Lipinski definition) is 5. The van der Waals surface area contributed by atoms with Crippen molar-refractivity contribution in [1.29, 1.82) is 0 Å².